The van der Waals surface area contributed by atoms with Crippen molar-refractivity contribution < 1.29 is 0 Å². The second-order valence-electron chi connectivity index (χ2n) is 26.9. The van der Waals surface area contributed by atoms with Crippen molar-refractivity contribution in [2.24, 2.45) is 0 Å². The molecular weight excluding hydrogens is 1230 g/mol. The van der Waals surface area contributed by atoms with E-state index >= 15 is 0 Å². The molecule has 0 radical (unpaired) electrons. The summed E-state index contributed by atoms with van der Waals surface area (Å²) in [5.74, 6) is 0. The maximum atomic E-state index is 2.67. The highest BCUT2D eigenvalue weighted by molar-refractivity contribution is 8.00. The molecule has 0 spiro atoms. The Morgan fingerprint density at radius 2 is 0.620 bits per heavy atom. The lowest BCUT2D eigenvalue weighted by atomic mass is 9.31. The Balaban J connectivity index is 0.815. The number of hydrogen-bond acceptors (Lipinski definition) is 4. The maximum absolute atomic E-state index is 2.67. The van der Waals surface area contributed by atoms with E-state index in [4.69, 9.17) is 0 Å². The van der Waals surface area contributed by atoms with Gasteiger partial charge < -0.3 is 23.8 Å². The third kappa shape index (κ3) is 7.82. The molecule has 16 aromatic carbocycles. The second-order valence-corrected chi connectivity index (χ2v) is 28.0. The first kappa shape index (κ1) is 55.6. The van der Waals surface area contributed by atoms with Gasteiger partial charge in [0, 0.05) is 82.5 Å². The van der Waals surface area contributed by atoms with Crippen LogP contribution in [0.15, 0.2) is 356 Å². The Bertz CT molecular complexity index is 6400. The molecule has 2 aromatic heterocycles. The lowest BCUT2D eigenvalue weighted by molar-refractivity contribution is 1.17. The van der Waals surface area contributed by atoms with E-state index in [0.717, 1.165) is 34.0 Å². The summed E-state index contributed by atoms with van der Waals surface area (Å²) in [5, 5.41) is 9.90. The van der Waals surface area contributed by atoms with Gasteiger partial charge in [-0.1, -0.05) is 260 Å². The van der Waals surface area contributed by atoms with Crippen molar-refractivity contribution in [3.63, 3.8) is 0 Å². The summed E-state index contributed by atoms with van der Waals surface area (Å²) in [7, 11) is 0. The maximum Gasteiger partial charge on any atom is 0.252 e. The highest BCUT2D eigenvalue weighted by atomic mass is 32.2. The topological polar surface area (TPSA) is 19.6 Å². The molecule has 22 rings (SSSR count). The predicted octanol–water partition coefficient (Wildman–Crippen LogP) is 20.4. The van der Waals surface area contributed by atoms with Gasteiger partial charge in [0.25, 0.3) is 6.71 Å². The monoisotopic (exact) mass is 1290 g/mol. The van der Waals surface area contributed by atoms with Gasteiger partial charge in [0.05, 0.1) is 33.4 Å². The second kappa shape index (κ2) is 21.5. The van der Waals surface area contributed by atoms with Gasteiger partial charge in [0.2, 0.25) is 6.71 Å². The number of benzene rings is 16. The van der Waals surface area contributed by atoms with E-state index in [1.54, 1.807) is 0 Å². The summed E-state index contributed by atoms with van der Waals surface area (Å²) in [6.07, 6.45) is 0. The zero-order valence-electron chi connectivity index (χ0n) is 54.2. The van der Waals surface area contributed by atoms with E-state index in [9.17, 15) is 0 Å². The smallest absolute Gasteiger partial charge is 0.252 e. The van der Waals surface area contributed by atoms with Crippen LogP contribution in [0.25, 0.3) is 98.8 Å². The summed E-state index contributed by atoms with van der Waals surface area (Å²) >= 11 is 1.94. The number of aromatic nitrogens is 2. The first-order valence-electron chi connectivity index (χ1n) is 34.6. The first-order valence-corrected chi connectivity index (χ1v) is 35.5. The largest absolute Gasteiger partial charge is 0.311 e. The van der Waals surface area contributed by atoms with Crippen LogP contribution in [0.2, 0.25) is 0 Å². The minimum Gasteiger partial charge on any atom is -0.311 e. The van der Waals surface area contributed by atoms with Gasteiger partial charge in [-0.05, 0) is 174 Å². The highest BCUT2D eigenvalue weighted by Gasteiger charge is 2.49. The van der Waals surface area contributed by atoms with Gasteiger partial charge in [-0.3, -0.25) is 0 Å². The fraction of sp³-hybridized carbons (Fsp3) is 0. The van der Waals surface area contributed by atoms with E-state index < -0.39 is 0 Å². The van der Waals surface area contributed by atoms with Crippen molar-refractivity contribution in [3.8, 4) is 33.6 Å². The number of rotatable bonds is 7. The summed E-state index contributed by atoms with van der Waals surface area (Å²) in [6, 6.07) is 130. The number of hydrogen-bond donors (Lipinski definition) is 0. The van der Waals surface area contributed by atoms with Gasteiger partial charge in [-0.15, -0.1) is 0 Å². The predicted molar refractivity (Wildman–Crippen MR) is 425 cm³/mol. The first-order chi connectivity index (χ1) is 49.7. The van der Waals surface area contributed by atoms with E-state index in [1.165, 1.54) is 159 Å². The fourth-order valence-electron chi connectivity index (χ4n) is 18.0. The molecule has 5 nitrogen and oxygen atoms in total. The van der Waals surface area contributed by atoms with Crippen LogP contribution >= 0.6 is 11.8 Å². The molecule has 4 aliphatic heterocycles. The number of para-hydroxylation sites is 8. The van der Waals surface area contributed by atoms with Gasteiger partial charge in [0.1, 0.15) is 0 Å². The number of nitrogens with zero attached hydrogens (tertiary/aromatic N) is 5. The molecule has 4 aliphatic rings. The quantitative estimate of drug-likeness (QED) is 0.117. The summed E-state index contributed by atoms with van der Waals surface area (Å²) in [6.45, 7) is -0.265. The Morgan fingerprint density at radius 1 is 0.230 bits per heavy atom. The lowest BCUT2D eigenvalue weighted by Crippen LogP contribution is -2.64. The molecule has 0 saturated carbocycles. The third-order valence-electron chi connectivity index (χ3n) is 21.8. The van der Waals surface area contributed by atoms with Crippen LogP contribution in [0.5, 0.6) is 0 Å². The van der Waals surface area contributed by atoms with E-state index in [2.05, 4.69) is 370 Å². The third-order valence-corrected chi connectivity index (χ3v) is 23.0. The van der Waals surface area contributed by atoms with E-state index in [0.29, 0.717) is 0 Å². The molecule has 0 N–H and O–H groups in total. The molecule has 0 saturated heterocycles. The molecule has 0 atom stereocenters. The Labute approximate surface area is 583 Å². The average Bonchev–Trinajstić information content (AvgIpc) is 1.20. The van der Waals surface area contributed by atoms with Crippen LogP contribution in [-0.2, 0) is 0 Å². The number of anilines is 9. The van der Waals surface area contributed by atoms with Crippen molar-refractivity contribution in [2.75, 3.05) is 14.7 Å². The molecule has 0 unspecified atom stereocenters. The SMILES string of the molecule is c1ccc(-c2c3ccccc3c(-c3ccc(N4c5ccccc5B5c6cc7c(cc6Sc6cc8c(c4c65)c4ccccc4n8-c4ccccc4)N(c4ccccc4)c4cc5c(c6c4B7c4ccccc4N6c4ccccc4)c4ccccc4n5-c4ccccc4)cc3)c3ccccc23)cc1. The van der Waals surface area contributed by atoms with Gasteiger partial charge in [-0.2, -0.15) is 0 Å². The van der Waals surface area contributed by atoms with Gasteiger partial charge in [0.15, 0.2) is 0 Å². The standard InChI is InChI=1S/C92H57B2N5S/c1-6-28-58(29-7-1)85-65-38-16-18-40-67(65)86(68-41-19-17-39-66(68)85)59-50-52-64(53-51-59)99-78-49-27-23-45-72(78)94-74-54-73-79(56-83(74)100-84-57-81-88(92(99)90(84)94)70-43-21-25-47-76(70)96(81)61-32-10-3-11-33-61)97(62-34-12-4-13-35-62)82-55-80-87(69-42-20-24-46-75(69)95(80)60-30-8-2-9-31-60)91-89(82)93(73)71-44-22-26-48-77(71)98(91)63-36-14-5-15-37-63/h1-57H. The van der Waals surface area contributed by atoms with Gasteiger partial charge >= 0.3 is 0 Å². The van der Waals surface area contributed by atoms with Crippen LogP contribution in [0.3, 0.4) is 0 Å². The molecule has 0 bridgehead atoms. The molecule has 6 heterocycles. The molecule has 8 heteroatoms. The minimum absolute atomic E-state index is 0.126. The van der Waals surface area contributed by atoms with Crippen molar-refractivity contribution in [2.45, 2.75) is 9.79 Å². The Kier molecular flexibility index (Phi) is 12.0. The van der Waals surface area contributed by atoms with Crippen LogP contribution in [0.4, 0.5) is 51.2 Å². The lowest BCUT2D eigenvalue weighted by Gasteiger charge is -2.45. The average molecular weight is 1290 g/mol. The minimum atomic E-state index is -0.139. The Hall–Kier alpha value is -12.5. The highest BCUT2D eigenvalue weighted by Crippen LogP contribution is 2.54. The van der Waals surface area contributed by atoms with Crippen LogP contribution in [0, 0.1) is 0 Å². The summed E-state index contributed by atoms with van der Waals surface area (Å²) < 4.78 is 5.01. The molecule has 462 valence electrons. The van der Waals surface area contributed by atoms with Crippen molar-refractivity contribution in [1.29, 1.82) is 0 Å². The van der Waals surface area contributed by atoms with Gasteiger partial charge in [-0.25, -0.2) is 0 Å². The molecule has 0 fully saturated rings. The van der Waals surface area contributed by atoms with Crippen LogP contribution < -0.4 is 47.5 Å². The normalized spacial score (nSPS) is 13.3. The summed E-state index contributed by atoms with van der Waals surface area (Å²) in [4.78, 5) is 10.3. The summed E-state index contributed by atoms with van der Waals surface area (Å²) in [5.41, 5.74) is 30.2. The van der Waals surface area contributed by atoms with Crippen molar-refractivity contribution in [1.82, 2.24) is 9.13 Å². The molecule has 100 heavy (non-hydrogen) atoms. The Morgan fingerprint density at radius 3 is 1.14 bits per heavy atom. The fourth-order valence-corrected chi connectivity index (χ4v) is 19.2. The zero-order valence-corrected chi connectivity index (χ0v) is 55.0. The van der Waals surface area contributed by atoms with Crippen LogP contribution in [-0.4, -0.2) is 22.6 Å². The van der Waals surface area contributed by atoms with Crippen molar-refractivity contribution >= 4 is 174 Å². The molecule has 18 aromatic rings. The molecule has 0 aliphatic carbocycles. The molecular formula is C92H57B2N5S. The zero-order chi connectivity index (χ0) is 65.3. The van der Waals surface area contributed by atoms with Crippen LogP contribution in [0.1, 0.15) is 0 Å². The molecule has 0 amide bonds. The van der Waals surface area contributed by atoms with Crippen molar-refractivity contribution in [3.05, 3.63) is 346 Å². The van der Waals surface area contributed by atoms with E-state index in [1.807, 2.05) is 11.8 Å². The van der Waals surface area contributed by atoms with E-state index in [-0.39, 0.29) is 13.4 Å². The number of fused-ring (bicyclic) bond motifs is 18.